The molecule has 2 aromatic rings. The third-order valence-corrected chi connectivity index (χ3v) is 5.66. The SMILES string of the molecule is O=C1C[C@H](c2ccccc2)[C@@H](C(=O)c2ccccc2)S(=O)C1. The summed E-state index contributed by atoms with van der Waals surface area (Å²) in [6.07, 6.45) is 0.277. The molecule has 4 heteroatoms. The van der Waals surface area contributed by atoms with Gasteiger partial charge in [0, 0.05) is 28.7 Å². The van der Waals surface area contributed by atoms with Gasteiger partial charge in [-0.3, -0.25) is 13.8 Å². The number of hydrogen-bond acceptors (Lipinski definition) is 3. The first-order valence-electron chi connectivity index (χ1n) is 7.20. The average Bonchev–Trinajstić information content (AvgIpc) is 2.55. The van der Waals surface area contributed by atoms with Crippen molar-refractivity contribution in [1.29, 1.82) is 0 Å². The van der Waals surface area contributed by atoms with E-state index in [0.29, 0.717) is 5.56 Å². The second-order valence-corrected chi connectivity index (χ2v) is 6.99. The van der Waals surface area contributed by atoms with E-state index in [1.54, 1.807) is 24.3 Å². The Bertz CT molecular complexity index is 710. The van der Waals surface area contributed by atoms with Crippen molar-refractivity contribution in [3.63, 3.8) is 0 Å². The summed E-state index contributed by atoms with van der Waals surface area (Å²) in [6, 6.07) is 18.3. The second kappa shape index (κ2) is 6.36. The smallest absolute Gasteiger partial charge is 0.179 e. The Morgan fingerprint density at radius 1 is 0.955 bits per heavy atom. The maximum atomic E-state index is 12.8. The van der Waals surface area contributed by atoms with E-state index in [2.05, 4.69) is 0 Å². The first kappa shape index (κ1) is 14.9. The molecule has 1 saturated heterocycles. The van der Waals surface area contributed by atoms with E-state index in [0.717, 1.165) is 5.56 Å². The maximum absolute atomic E-state index is 12.8. The zero-order chi connectivity index (χ0) is 15.5. The van der Waals surface area contributed by atoms with Crippen LogP contribution in [-0.2, 0) is 15.6 Å². The molecule has 3 nitrogen and oxygen atoms in total. The molecule has 1 unspecified atom stereocenters. The highest BCUT2D eigenvalue weighted by molar-refractivity contribution is 7.87. The van der Waals surface area contributed by atoms with E-state index in [9.17, 15) is 13.8 Å². The minimum atomic E-state index is -1.47. The second-order valence-electron chi connectivity index (χ2n) is 5.44. The van der Waals surface area contributed by atoms with Gasteiger partial charge in [0.2, 0.25) is 0 Å². The lowest BCUT2D eigenvalue weighted by Gasteiger charge is -2.29. The predicted octanol–water partition coefficient (Wildman–Crippen LogP) is 2.74. The van der Waals surface area contributed by atoms with Crippen molar-refractivity contribution < 1.29 is 13.8 Å². The van der Waals surface area contributed by atoms with Crippen LogP contribution < -0.4 is 0 Å². The van der Waals surface area contributed by atoms with Crippen LogP contribution in [0.1, 0.15) is 28.3 Å². The molecule has 3 rings (SSSR count). The van der Waals surface area contributed by atoms with Gasteiger partial charge in [0.15, 0.2) is 5.78 Å². The van der Waals surface area contributed by atoms with Crippen molar-refractivity contribution >= 4 is 22.4 Å². The molecule has 1 aliphatic rings. The normalized spacial score (nSPS) is 24.9. The fraction of sp³-hybridized carbons (Fsp3) is 0.222. The van der Waals surface area contributed by atoms with Gasteiger partial charge in [-0.15, -0.1) is 0 Å². The van der Waals surface area contributed by atoms with Crippen LogP contribution in [0.5, 0.6) is 0 Å². The van der Waals surface area contributed by atoms with Gasteiger partial charge in [0.25, 0.3) is 0 Å². The molecule has 0 aromatic heterocycles. The van der Waals surface area contributed by atoms with Crippen LogP contribution in [-0.4, -0.2) is 26.8 Å². The Morgan fingerprint density at radius 2 is 1.55 bits per heavy atom. The molecular weight excluding hydrogens is 296 g/mol. The highest BCUT2D eigenvalue weighted by atomic mass is 32.2. The summed E-state index contributed by atoms with van der Waals surface area (Å²) in [7, 11) is -1.47. The monoisotopic (exact) mass is 312 g/mol. The molecule has 1 fully saturated rings. The first-order chi connectivity index (χ1) is 10.7. The fourth-order valence-electron chi connectivity index (χ4n) is 2.90. The van der Waals surface area contributed by atoms with Gasteiger partial charge in [0.05, 0.1) is 5.75 Å². The summed E-state index contributed by atoms with van der Waals surface area (Å²) >= 11 is 0. The topological polar surface area (TPSA) is 51.2 Å². The number of rotatable bonds is 3. The molecule has 1 aliphatic heterocycles. The summed E-state index contributed by atoms with van der Waals surface area (Å²) in [6.45, 7) is 0. The zero-order valence-corrected chi connectivity index (χ0v) is 12.8. The van der Waals surface area contributed by atoms with E-state index < -0.39 is 16.0 Å². The highest BCUT2D eigenvalue weighted by Gasteiger charge is 2.40. The van der Waals surface area contributed by atoms with Crippen molar-refractivity contribution in [2.24, 2.45) is 0 Å². The number of carbonyl (C=O) groups is 2. The van der Waals surface area contributed by atoms with Crippen LogP contribution in [0.15, 0.2) is 60.7 Å². The minimum absolute atomic E-state index is 0.0213. The van der Waals surface area contributed by atoms with Crippen molar-refractivity contribution in [3.8, 4) is 0 Å². The van der Waals surface area contributed by atoms with Crippen LogP contribution in [0.2, 0.25) is 0 Å². The van der Waals surface area contributed by atoms with Gasteiger partial charge in [0.1, 0.15) is 11.0 Å². The standard InChI is InChI=1S/C18H16O3S/c19-15-11-16(13-7-3-1-4-8-13)18(22(21)12-15)17(20)14-9-5-2-6-10-14/h1-10,16,18H,11-12H2/t16-,18+,22?/m1/s1. The number of ketones is 2. The quantitative estimate of drug-likeness (QED) is 0.819. The summed E-state index contributed by atoms with van der Waals surface area (Å²) < 4.78 is 12.5. The largest absolute Gasteiger partial charge is 0.299 e. The van der Waals surface area contributed by atoms with E-state index in [1.807, 2.05) is 36.4 Å². The summed E-state index contributed by atoms with van der Waals surface area (Å²) in [5.41, 5.74) is 1.45. The van der Waals surface area contributed by atoms with Gasteiger partial charge in [-0.1, -0.05) is 60.7 Å². The van der Waals surface area contributed by atoms with E-state index in [1.165, 1.54) is 0 Å². The number of benzene rings is 2. The summed E-state index contributed by atoms with van der Waals surface area (Å²) in [5, 5.41) is -0.650. The molecule has 0 aliphatic carbocycles. The van der Waals surface area contributed by atoms with Crippen LogP contribution >= 0.6 is 0 Å². The number of hydrogen-bond donors (Lipinski definition) is 0. The molecule has 0 saturated carbocycles. The highest BCUT2D eigenvalue weighted by Crippen LogP contribution is 2.33. The van der Waals surface area contributed by atoms with Crippen LogP contribution in [0, 0.1) is 0 Å². The van der Waals surface area contributed by atoms with Crippen LogP contribution in [0.3, 0.4) is 0 Å². The Hall–Kier alpha value is -2.07. The lowest BCUT2D eigenvalue weighted by Crippen LogP contribution is -2.41. The Balaban J connectivity index is 2.00. The molecule has 3 atom stereocenters. The zero-order valence-electron chi connectivity index (χ0n) is 12.0. The average molecular weight is 312 g/mol. The Kier molecular flexibility index (Phi) is 4.29. The summed E-state index contributed by atoms with van der Waals surface area (Å²) in [4.78, 5) is 24.7. The van der Waals surface area contributed by atoms with Gasteiger partial charge >= 0.3 is 0 Å². The van der Waals surface area contributed by atoms with E-state index in [-0.39, 0.29) is 29.7 Å². The molecule has 0 amide bonds. The first-order valence-corrected chi connectivity index (χ1v) is 8.58. The van der Waals surface area contributed by atoms with Crippen molar-refractivity contribution in [1.82, 2.24) is 0 Å². The maximum Gasteiger partial charge on any atom is 0.179 e. The van der Waals surface area contributed by atoms with Crippen LogP contribution in [0.4, 0.5) is 0 Å². The summed E-state index contributed by atoms with van der Waals surface area (Å²) in [5.74, 6) is -0.507. The van der Waals surface area contributed by atoms with Crippen molar-refractivity contribution in [3.05, 3.63) is 71.8 Å². The molecule has 0 spiro atoms. The molecule has 1 heterocycles. The molecule has 2 aromatic carbocycles. The molecule has 0 bridgehead atoms. The molecular formula is C18H16O3S. The van der Waals surface area contributed by atoms with Gasteiger partial charge < -0.3 is 0 Å². The molecule has 22 heavy (non-hydrogen) atoms. The van der Waals surface area contributed by atoms with Gasteiger partial charge in [-0.25, -0.2) is 0 Å². The molecule has 0 N–H and O–H groups in total. The number of carbonyl (C=O) groups excluding carboxylic acids is 2. The van der Waals surface area contributed by atoms with Crippen molar-refractivity contribution in [2.45, 2.75) is 17.6 Å². The van der Waals surface area contributed by atoms with E-state index >= 15 is 0 Å². The third kappa shape index (κ3) is 2.92. The Morgan fingerprint density at radius 3 is 2.18 bits per heavy atom. The minimum Gasteiger partial charge on any atom is -0.299 e. The molecule has 112 valence electrons. The van der Waals surface area contributed by atoms with Gasteiger partial charge in [-0.05, 0) is 5.56 Å². The number of Topliss-reactive ketones (excluding diaryl/α,β-unsaturated/α-hetero) is 2. The fourth-order valence-corrected chi connectivity index (χ4v) is 4.51. The predicted molar refractivity (Wildman–Crippen MR) is 86.4 cm³/mol. The Labute approximate surface area is 131 Å². The van der Waals surface area contributed by atoms with Crippen molar-refractivity contribution in [2.75, 3.05) is 5.75 Å². The van der Waals surface area contributed by atoms with Gasteiger partial charge in [-0.2, -0.15) is 0 Å². The lowest BCUT2D eigenvalue weighted by molar-refractivity contribution is -0.117. The van der Waals surface area contributed by atoms with E-state index in [4.69, 9.17) is 0 Å². The lowest BCUT2D eigenvalue weighted by atomic mass is 9.87. The van der Waals surface area contributed by atoms with Crippen LogP contribution in [0.25, 0.3) is 0 Å². The third-order valence-electron chi connectivity index (χ3n) is 3.94. The molecule has 0 radical (unpaired) electrons.